The Hall–Kier alpha value is -2.63. The Labute approximate surface area is 139 Å². The maximum Gasteiger partial charge on any atom is 0.301 e. The molecule has 2 aliphatic rings. The van der Waals surface area contributed by atoms with Gasteiger partial charge in [-0.05, 0) is 38.3 Å². The van der Waals surface area contributed by atoms with E-state index in [-0.39, 0.29) is 17.8 Å². The fourth-order valence-electron chi connectivity index (χ4n) is 3.14. The van der Waals surface area contributed by atoms with Crippen LogP contribution in [0.15, 0.2) is 28.7 Å². The van der Waals surface area contributed by atoms with Crippen LogP contribution in [0.4, 0.5) is 6.01 Å². The number of nitrogens with one attached hydrogen (secondary N) is 1. The molecule has 1 saturated carbocycles. The van der Waals surface area contributed by atoms with Crippen molar-refractivity contribution in [2.75, 3.05) is 5.32 Å². The number of benzene rings is 1. The third kappa shape index (κ3) is 2.48. The summed E-state index contributed by atoms with van der Waals surface area (Å²) in [5.41, 5.74) is 2.55. The van der Waals surface area contributed by atoms with Gasteiger partial charge in [-0.1, -0.05) is 18.2 Å². The van der Waals surface area contributed by atoms with E-state index < -0.39 is 6.04 Å². The van der Waals surface area contributed by atoms with Crippen molar-refractivity contribution in [3.05, 3.63) is 46.8 Å². The lowest BCUT2D eigenvalue weighted by molar-refractivity contribution is -0.120. The minimum Gasteiger partial charge on any atom is -0.428 e. The Kier molecular flexibility index (Phi) is 3.40. The number of carbonyl (C=O) groups excluding carboxylic acids is 2. The molecule has 1 aliphatic heterocycles. The summed E-state index contributed by atoms with van der Waals surface area (Å²) in [4.78, 5) is 30.9. The van der Waals surface area contributed by atoms with Crippen LogP contribution < -0.4 is 5.32 Å². The molecule has 1 N–H and O–H groups in total. The molecule has 0 bridgehead atoms. The lowest BCUT2D eigenvalue weighted by Gasteiger charge is -2.22. The number of hydrogen-bond donors (Lipinski definition) is 1. The first-order valence-corrected chi connectivity index (χ1v) is 8.21. The molecule has 1 atom stereocenters. The molecule has 6 heteroatoms. The van der Waals surface area contributed by atoms with Gasteiger partial charge in [0.25, 0.3) is 5.91 Å². The molecular weight excluding hydrogens is 306 g/mol. The van der Waals surface area contributed by atoms with Crippen LogP contribution >= 0.6 is 0 Å². The average Bonchev–Trinajstić information content (AvgIpc) is 3.27. The van der Waals surface area contributed by atoms with E-state index in [0.717, 1.165) is 29.9 Å². The summed E-state index contributed by atoms with van der Waals surface area (Å²) in [6, 6.07) is 7.06. The molecule has 2 amide bonds. The molecule has 0 saturated heterocycles. The number of oxazole rings is 1. The number of anilines is 1. The number of aryl methyl sites for hydroxylation is 1. The van der Waals surface area contributed by atoms with E-state index in [1.165, 1.54) is 0 Å². The summed E-state index contributed by atoms with van der Waals surface area (Å²) in [5.74, 6) is 0.812. The second kappa shape index (κ2) is 5.47. The van der Waals surface area contributed by atoms with Gasteiger partial charge in [0, 0.05) is 18.0 Å². The number of carbonyl (C=O) groups is 2. The van der Waals surface area contributed by atoms with Gasteiger partial charge >= 0.3 is 6.01 Å². The summed E-state index contributed by atoms with van der Waals surface area (Å²) < 4.78 is 5.54. The maximum atomic E-state index is 12.5. The maximum absolute atomic E-state index is 12.5. The van der Waals surface area contributed by atoms with Crippen LogP contribution in [0.1, 0.15) is 53.1 Å². The quantitative estimate of drug-likeness (QED) is 0.938. The third-order valence-corrected chi connectivity index (χ3v) is 4.72. The first-order chi connectivity index (χ1) is 11.5. The van der Waals surface area contributed by atoms with Gasteiger partial charge in [-0.25, -0.2) is 0 Å². The zero-order valence-corrected chi connectivity index (χ0v) is 13.7. The van der Waals surface area contributed by atoms with Crippen LogP contribution in [0.2, 0.25) is 0 Å². The van der Waals surface area contributed by atoms with Gasteiger partial charge in [0.1, 0.15) is 11.8 Å². The molecule has 2 heterocycles. The van der Waals surface area contributed by atoms with Gasteiger partial charge in [-0.3, -0.25) is 14.9 Å². The predicted molar refractivity (Wildman–Crippen MR) is 87.6 cm³/mol. The molecule has 1 aromatic heterocycles. The zero-order valence-electron chi connectivity index (χ0n) is 13.7. The first-order valence-electron chi connectivity index (χ1n) is 8.21. The molecule has 124 valence electrons. The minimum atomic E-state index is -0.596. The molecule has 2 aromatic rings. The van der Waals surface area contributed by atoms with Gasteiger partial charge in [0.2, 0.25) is 5.91 Å². The standard InChI is InChI=1S/C18H19N3O3/c1-10(21-9-13-5-3-4-6-14(13)17(21)23)16(22)20-18-19-15(11(2)24-18)12-7-8-12/h3-6,10,12H,7-9H2,1-2H3,(H,19,20,22)/t10-/m1/s1. The topological polar surface area (TPSA) is 75.4 Å². The smallest absolute Gasteiger partial charge is 0.301 e. The van der Waals surface area contributed by atoms with Crippen molar-refractivity contribution in [1.82, 2.24) is 9.88 Å². The Bertz CT molecular complexity index is 823. The summed E-state index contributed by atoms with van der Waals surface area (Å²) >= 11 is 0. The van der Waals surface area contributed by atoms with Crippen molar-refractivity contribution in [2.45, 2.75) is 45.2 Å². The highest BCUT2D eigenvalue weighted by Gasteiger charge is 2.34. The van der Waals surface area contributed by atoms with Crippen molar-refractivity contribution < 1.29 is 14.0 Å². The number of rotatable bonds is 4. The summed E-state index contributed by atoms with van der Waals surface area (Å²) in [6.45, 7) is 4.03. The van der Waals surface area contributed by atoms with E-state index in [9.17, 15) is 9.59 Å². The molecule has 1 aliphatic carbocycles. The largest absolute Gasteiger partial charge is 0.428 e. The van der Waals surface area contributed by atoms with Crippen molar-refractivity contribution in [3.63, 3.8) is 0 Å². The fourth-order valence-corrected chi connectivity index (χ4v) is 3.14. The Morgan fingerprint density at radius 2 is 2.12 bits per heavy atom. The highest BCUT2D eigenvalue weighted by atomic mass is 16.4. The SMILES string of the molecule is Cc1oc(NC(=O)[C@@H](C)N2Cc3ccccc3C2=O)nc1C1CC1. The number of fused-ring (bicyclic) bond motifs is 1. The Morgan fingerprint density at radius 3 is 2.83 bits per heavy atom. The van der Waals surface area contributed by atoms with Crippen LogP contribution in [0.5, 0.6) is 0 Å². The lowest BCUT2D eigenvalue weighted by Crippen LogP contribution is -2.42. The van der Waals surface area contributed by atoms with E-state index in [0.29, 0.717) is 18.0 Å². The predicted octanol–water partition coefficient (Wildman–Crippen LogP) is 2.84. The molecule has 0 unspecified atom stereocenters. The first kappa shape index (κ1) is 14.9. The molecule has 4 rings (SSSR count). The summed E-state index contributed by atoms with van der Waals surface area (Å²) in [6.07, 6.45) is 2.25. The second-order valence-electron chi connectivity index (χ2n) is 6.49. The molecule has 0 radical (unpaired) electrons. The van der Waals surface area contributed by atoms with Gasteiger partial charge < -0.3 is 9.32 Å². The van der Waals surface area contributed by atoms with Crippen molar-refractivity contribution in [2.24, 2.45) is 0 Å². The Balaban J connectivity index is 1.47. The Morgan fingerprint density at radius 1 is 1.38 bits per heavy atom. The number of amides is 2. The summed E-state index contributed by atoms with van der Waals surface area (Å²) in [5, 5.41) is 2.70. The monoisotopic (exact) mass is 325 g/mol. The highest BCUT2D eigenvalue weighted by molar-refractivity contribution is 6.02. The van der Waals surface area contributed by atoms with Crippen molar-refractivity contribution in [3.8, 4) is 0 Å². The second-order valence-corrected chi connectivity index (χ2v) is 6.49. The number of nitrogens with zero attached hydrogens (tertiary/aromatic N) is 2. The van der Waals surface area contributed by atoms with Gasteiger partial charge in [0.15, 0.2) is 0 Å². The fraction of sp³-hybridized carbons (Fsp3) is 0.389. The molecule has 1 fully saturated rings. The van der Waals surface area contributed by atoms with E-state index in [2.05, 4.69) is 10.3 Å². The molecule has 24 heavy (non-hydrogen) atoms. The van der Waals surface area contributed by atoms with Gasteiger partial charge in [0.05, 0.1) is 5.69 Å². The van der Waals surface area contributed by atoms with Crippen LogP contribution in [-0.4, -0.2) is 27.7 Å². The zero-order chi connectivity index (χ0) is 16.8. The molecule has 6 nitrogen and oxygen atoms in total. The number of hydrogen-bond acceptors (Lipinski definition) is 4. The van der Waals surface area contributed by atoms with E-state index >= 15 is 0 Å². The summed E-state index contributed by atoms with van der Waals surface area (Å²) in [7, 11) is 0. The average molecular weight is 325 g/mol. The van der Waals surface area contributed by atoms with E-state index in [1.54, 1.807) is 17.9 Å². The normalized spacial score (nSPS) is 17.8. The minimum absolute atomic E-state index is 0.115. The van der Waals surface area contributed by atoms with Crippen LogP contribution in [0, 0.1) is 6.92 Å². The van der Waals surface area contributed by atoms with Crippen molar-refractivity contribution in [1.29, 1.82) is 0 Å². The van der Waals surface area contributed by atoms with E-state index in [1.807, 2.05) is 25.1 Å². The van der Waals surface area contributed by atoms with Gasteiger partial charge in [-0.15, -0.1) is 0 Å². The van der Waals surface area contributed by atoms with Crippen LogP contribution in [-0.2, 0) is 11.3 Å². The van der Waals surface area contributed by atoms with Crippen molar-refractivity contribution >= 4 is 17.8 Å². The van der Waals surface area contributed by atoms with Crippen LogP contribution in [0.25, 0.3) is 0 Å². The van der Waals surface area contributed by atoms with Crippen LogP contribution in [0.3, 0.4) is 0 Å². The van der Waals surface area contributed by atoms with Gasteiger partial charge in [-0.2, -0.15) is 4.98 Å². The lowest BCUT2D eigenvalue weighted by atomic mass is 10.1. The number of aromatic nitrogens is 1. The molecule has 1 aromatic carbocycles. The van der Waals surface area contributed by atoms with E-state index in [4.69, 9.17) is 4.42 Å². The molecule has 0 spiro atoms. The third-order valence-electron chi connectivity index (χ3n) is 4.72. The molecular formula is C18H19N3O3. The highest BCUT2D eigenvalue weighted by Crippen LogP contribution is 2.41.